The van der Waals surface area contributed by atoms with E-state index in [4.69, 9.17) is 0 Å². The van der Waals surface area contributed by atoms with E-state index in [1.165, 1.54) is 43.4 Å². The molecule has 1 atom stereocenters. The Labute approximate surface area is 135 Å². The fraction of sp³-hybridized carbons (Fsp3) is 0.765. The van der Waals surface area contributed by atoms with Crippen molar-refractivity contribution in [2.24, 2.45) is 12.0 Å². The summed E-state index contributed by atoms with van der Waals surface area (Å²) in [6.07, 6.45) is 6.40. The first-order chi connectivity index (χ1) is 10.5. The molecule has 126 valence electrons. The van der Waals surface area contributed by atoms with Gasteiger partial charge in [-0.15, -0.1) is 0 Å². The SMILES string of the molecule is CCCCCCC(C)NC(=NC)NCc1c(C)nn(C)c1C. The topological polar surface area (TPSA) is 54.2 Å². The summed E-state index contributed by atoms with van der Waals surface area (Å²) in [6, 6.07) is 0.444. The first kappa shape index (κ1) is 18.5. The second-order valence-corrected chi connectivity index (χ2v) is 6.09. The van der Waals surface area contributed by atoms with Crippen molar-refractivity contribution in [2.45, 2.75) is 72.4 Å². The first-order valence-corrected chi connectivity index (χ1v) is 8.45. The molecule has 1 heterocycles. The van der Waals surface area contributed by atoms with E-state index in [0.717, 1.165) is 18.2 Å². The van der Waals surface area contributed by atoms with Crippen LogP contribution >= 0.6 is 0 Å². The van der Waals surface area contributed by atoms with E-state index in [1.807, 2.05) is 18.8 Å². The van der Waals surface area contributed by atoms with E-state index in [-0.39, 0.29) is 0 Å². The Kier molecular flexibility index (Phi) is 7.99. The number of hydrogen-bond donors (Lipinski definition) is 2. The van der Waals surface area contributed by atoms with Crippen LogP contribution in [0.25, 0.3) is 0 Å². The fourth-order valence-electron chi connectivity index (χ4n) is 2.62. The second-order valence-electron chi connectivity index (χ2n) is 6.09. The zero-order valence-electron chi connectivity index (χ0n) is 15.2. The molecule has 0 aliphatic carbocycles. The molecule has 1 rings (SSSR count). The van der Waals surface area contributed by atoms with Crippen molar-refractivity contribution in [3.63, 3.8) is 0 Å². The molecule has 0 radical (unpaired) electrons. The Morgan fingerprint density at radius 2 is 2.00 bits per heavy atom. The minimum absolute atomic E-state index is 0.444. The molecule has 1 unspecified atom stereocenters. The van der Waals surface area contributed by atoms with Crippen LogP contribution in [0.1, 0.15) is 62.9 Å². The molecule has 0 aromatic carbocycles. The maximum atomic E-state index is 4.45. The quantitative estimate of drug-likeness (QED) is 0.441. The Balaban J connectivity index is 2.42. The Hall–Kier alpha value is -1.52. The zero-order chi connectivity index (χ0) is 16.5. The van der Waals surface area contributed by atoms with Crippen molar-refractivity contribution in [3.8, 4) is 0 Å². The van der Waals surface area contributed by atoms with Crippen LogP contribution in [0.4, 0.5) is 0 Å². The predicted molar refractivity (Wildman–Crippen MR) is 94.2 cm³/mol. The smallest absolute Gasteiger partial charge is 0.191 e. The predicted octanol–water partition coefficient (Wildman–Crippen LogP) is 3.06. The molecule has 2 N–H and O–H groups in total. The largest absolute Gasteiger partial charge is 0.354 e. The molecule has 5 nitrogen and oxygen atoms in total. The summed E-state index contributed by atoms with van der Waals surface area (Å²) < 4.78 is 1.93. The number of nitrogens with one attached hydrogen (secondary N) is 2. The van der Waals surface area contributed by atoms with Gasteiger partial charge in [0.25, 0.3) is 0 Å². The minimum Gasteiger partial charge on any atom is -0.354 e. The van der Waals surface area contributed by atoms with Gasteiger partial charge in [-0.1, -0.05) is 32.6 Å². The van der Waals surface area contributed by atoms with Gasteiger partial charge in [0.2, 0.25) is 0 Å². The van der Waals surface area contributed by atoms with E-state index in [9.17, 15) is 0 Å². The summed E-state index contributed by atoms with van der Waals surface area (Å²) in [5.41, 5.74) is 3.53. The standard InChI is InChI=1S/C17H33N5/c1-7-8-9-10-11-13(2)20-17(18-5)19-12-16-14(3)21-22(6)15(16)4/h13H,7-12H2,1-6H3,(H2,18,19,20). The molecule has 0 aliphatic rings. The highest BCUT2D eigenvalue weighted by molar-refractivity contribution is 5.79. The number of nitrogens with zero attached hydrogens (tertiary/aromatic N) is 3. The summed E-state index contributed by atoms with van der Waals surface area (Å²) in [5, 5.41) is 11.3. The van der Waals surface area contributed by atoms with Gasteiger partial charge in [0.15, 0.2) is 5.96 Å². The molecule has 0 fully saturated rings. The highest BCUT2D eigenvalue weighted by atomic mass is 15.3. The van der Waals surface area contributed by atoms with E-state index < -0.39 is 0 Å². The van der Waals surface area contributed by atoms with Crippen molar-refractivity contribution in [3.05, 3.63) is 17.0 Å². The summed E-state index contributed by atoms with van der Waals surface area (Å²) in [4.78, 5) is 4.32. The second kappa shape index (κ2) is 9.49. The normalized spacial score (nSPS) is 13.3. The molecular weight excluding hydrogens is 274 g/mol. The number of hydrogen-bond acceptors (Lipinski definition) is 2. The van der Waals surface area contributed by atoms with Crippen LogP contribution in [0.15, 0.2) is 4.99 Å². The van der Waals surface area contributed by atoms with Crippen molar-refractivity contribution >= 4 is 5.96 Å². The molecule has 5 heteroatoms. The monoisotopic (exact) mass is 307 g/mol. The third-order valence-corrected chi connectivity index (χ3v) is 4.19. The third-order valence-electron chi connectivity index (χ3n) is 4.19. The van der Waals surface area contributed by atoms with Gasteiger partial charge in [-0.25, -0.2) is 0 Å². The van der Waals surface area contributed by atoms with Gasteiger partial charge in [-0.2, -0.15) is 5.10 Å². The number of aliphatic imine (C=N–C) groups is 1. The lowest BCUT2D eigenvalue weighted by Gasteiger charge is -2.18. The average molecular weight is 307 g/mol. The number of guanidine groups is 1. The van der Waals surface area contributed by atoms with Crippen LogP contribution in [0.3, 0.4) is 0 Å². The minimum atomic E-state index is 0.444. The van der Waals surface area contributed by atoms with Crippen LogP contribution in [0.5, 0.6) is 0 Å². The van der Waals surface area contributed by atoms with Crippen LogP contribution < -0.4 is 10.6 Å². The molecule has 0 amide bonds. The van der Waals surface area contributed by atoms with Gasteiger partial charge in [0, 0.05) is 37.9 Å². The summed E-state index contributed by atoms with van der Waals surface area (Å²) >= 11 is 0. The van der Waals surface area contributed by atoms with E-state index >= 15 is 0 Å². The third kappa shape index (κ3) is 5.70. The molecule has 1 aromatic rings. The molecule has 0 aliphatic heterocycles. The van der Waals surface area contributed by atoms with Crippen molar-refractivity contribution < 1.29 is 0 Å². The lowest BCUT2D eigenvalue weighted by atomic mass is 10.1. The Morgan fingerprint density at radius 1 is 1.27 bits per heavy atom. The number of rotatable bonds is 8. The Bertz CT molecular complexity index is 476. The van der Waals surface area contributed by atoms with Crippen molar-refractivity contribution in [2.75, 3.05) is 7.05 Å². The van der Waals surface area contributed by atoms with Gasteiger partial charge in [-0.05, 0) is 27.2 Å². The van der Waals surface area contributed by atoms with E-state index in [1.54, 1.807) is 0 Å². The van der Waals surface area contributed by atoms with E-state index in [2.05, 4.69) is 48.4 Å². The van der Waals surface area contributed by atoms with Crippen LogP contribution in [0.2, 0.25) is 0 Å². The van der Waals surface area contributed by atoms with Crippen molar-refractivity contribution in [1.29, 1.82) is 0 Å². The molecule has 22 heavy (non-hydrogen) atoms. The van der Waals surface area contributed by atoms with Crippen molar-refractivity contribution in [1.82, 2.24) is 20.4 Å². The highest BCUT2D eigenvalue weighted by Crippen LogP contribution is 2.11. The van der Waals surface area contributed by atoms with Crippen LogP contribution in [0, 0.1) is 13.8 Å². The van der Waals surface area contributed by atoms with Gasteiger partial charge in [0.05, 0.1) is 5.69 Å². The fourth-order valence-corrected chi connectivity index (χ4v) is 2.62. The van der Waals surface area contributed by atoms with Gasteiger partial charge in [0.1, 0.15) is 0 Å². The number of unbranched alkanes of at least 4 members (excludes halogenated alkanes) is 3. The first-order valence-electron chi connectivity index (χ1n) is 8.45. The number of aromatic nitrogens is 2. The lowest BCUT2D eigenvalue weighted by molar-refractivity contribution is 0.537. The molecule has 0 spiro atoms. The molecule has 1 aromatic heterocycles. The van der Waals surface area contributed by atoms with Crippen LogP contribution in [-0.4, -0.2) is 28.8 Å². The maximum Gasteiger partial charge on any atom is 0.191 e. The van der Waals surface area contributed by atoms with Gasteiger partial charge >= 0.3 is 0 Å². The molecule has 0 bridgehead atoms. The van der Waals surface area contributed by atoms with Gasteiger partial charge < -0.3 is 10.6 Å². The molecule has 0 saturated heterocycles. The average Bonchev–Trinajstić information content (AvgIpc) is 2.73. The summed E-state index contributed by atoms with van der Waals surface area (Å²) in [5.74, 6) is 0.866. The van der Waals surface area contributed by atoms with Gasteiger partial charge in [-0.3, -0.25) is 9.67 Å². The lowest BCUT2D eigenvalue weighted by Crippen LogP contribution is -2.41. The molecule has 0 saturated carbocycles. The van der Waals surface area contributed by atoms with E-state index in [0.29, 0.717) is 6.04 Å². The Morgan fingerprint density at radius 3 is 2.55 bits per heavy atom. The molecular formula is C17H33N5. The number of aryl methyl sites for hydroxylation is 2. The summed E-state index contributed by atoms with van der Waals surface area (Å²) in [6.45, 7) is 9.38. The van der Waals surface area contributed by atoms with Crippen LogP contribution in [-0.2, 0) is 13.6 Å². The summed E-state index contributed by atoms with van der Waals surface area (Å²) in [7, 11) is 3.80. The maximum absolute atomic E-state index is 4.45. The zero-order valence-corrected chi connectivity index (χ0v) is 15.2. The highest BCUT2D eigenvalue weighted by Gasteiger charge is 2.10.